The summed E-state index contributed by atoms with van der Waals surface area (Å²) in [6.07, 6.45) is 2.06. The zero-order chi connectivity index (χ0) is 21.4. The van der Waals surface area contributed by atoms with Crippen molar-refractivity contribution in [3.63, 3.8) is 0 Å². The van der Waals surface area contributed by atoms with Crippen molar-refractivity contribution in [3.8, 4) is 0 Å². The van der Waals surface area contributed by atoms with Crippen molar-refractivity contribution in [2.75, 3.05) is 0 Å². The maximum atomic E-state index is 13.1. The molecule has 156 valence electrons. The van der Waals surface area contributed by atoms with Crippen molar-refractivity contribution in [1.29, 1.82) is 0 Å². The Hall–Kier alpha value is -2.62. The van der Waals surface area contributed by atoms with Gasteiger partial charge >= 0.3 is 0 Å². The molecule has 2 amide bonds. The molecule has 0 radical (unpaired) electrons. The monoisotopic (exact) mass is 394 g/mol. The molecule has 0 spiro atoms. The summed E-state index contributed by atoms with van der Waals surface area (Å²) in [7, 11) is 0. The van der Waals surface area contributed by atoms with Crippen molar-refractivity contribution in [1.82, 2.24) is 10.2 Å². The molecule has 4 nitrogen and oxygen atoms in total. The predicted molar refractivity (Wildman–Crippen MR) is 119 cm³/mol. The molecule has 0 fully saturated rings. The molecule has 0 heterocycles. The molecule has 29 heavy (non-hydrogen) atoms. The Morgan fingerprint density at radius 2 is 1.45 bits per heavy atom. The van der Waals surface area contributed by atoms with E-state index in [1.807, 2.05) is 45.0 Å². The lowest BCUT2D eigenvalue weighted by molar-refractivity contribution is -0.140. The number of benzene rings is 2. The van der Waals surface area contributed by atoms with Gasteiger partial charge in [-0.1, -0.05) is 61.0 Å². The number of hydrogen-bond donors (Lipinski definition) is 1. The number of carbonyl (C=O) groups excluding carboxylic acids is 2. The molecule has 2 aromatic rings. The smallest absolute Gasteiger partial charge is 0.242 e. The van der Waals surface area contributed by atoms with Gasteiger partial charge in [0.25, 0.3) is 0 Å². The van der Waals surface area contributed by atoms with Crippen LogP contribution in [0.2, 0.25) is 0 Å². The number of amides is 2. The third kappa shape index (κ3) is 7.04. The average molecular weight is 395 g/mol. The van der Waals surface area contributed by atoms with Crippen molar-refractivity contribution >= 4 is 11.8 Å². The summed E-state index contributed by atoms with van der Waals surface area (Å²) in [6, 6.07) is 16.0. The van der Waals surface area contributed by atoms with Gasteiger partial charge < -0.3 is 10.2 Å². The molecular weight excluding hydrogens is 360 g/mol. The normalized spacial score (nSPS) is 11.9. The highest BCUT2D eigenvalue weighted by atomic mass is 16.2. The Labute approximate surface area is 175 Å². The number of aryl methyl sites for hydroxylation is 3. The van der Waals surface area contributed by atoms with E-state index in [4.69, 9.17) is 0 Å². The van der Waals surface area contributed by atoms with Crippen LogP contribution in [0, 0.1) is 6.92 Å². The third-order valence-electron chi connectivity index (χ3n) is 5.13. The molecule has 0 aliphatic carbocycles. The van der Waals surface area contributed by atoms with E-state index >= 15 is 0 Å². The quantitative estimate of drug-likeness (QED) is 0.684. The number of rotatable bonds is 9. The number of nitrogens with one attached hydrogen (secondary N) is 1. The lowest BCUT2D eigenvalue weighted by atomic mass is 10.0. The topological polar surface area (TPSA) is 49.4 Å². The van der Waals surface area contributed by atoms with Crippen LogP contribution >= 0.6 is 0 Å². The standard InChI is InChI=1S/C25H34N2O2/c1-6-21-11-13-22(14-12-21)15-16-24(28)27(20(5)25(29)26-18(2)3)17-23-9-7-19(4)8-10-23/h7-14,18,20H,6,15-17H2,1-5H3,(H,26,29)/t20-/m1/s1. The highest BCUT2D eigenvalue weighted by Gasteiger charge is 2.26. The Morgan fingerprint density at radius 3 is 2.00 bits per heavy atom. The van der Waals surface area contributed by atoms with Gasteiger partial charge in [0.2, 0.25) is 11.8 Å². The Balaban J connectivity index is 2.11. The van der Waals surface area contributed by atoms with E-state index in [0.717, 1.165) is 17.5 Å². The molecule has 0 aliphatic heterocycles. The van der Waals surface area contributed by atoms with Gasteiger partial charge in [0.05, 0.1) is 0 Å². The molecule has 1 atom stereocenters. The van der Waals surface area contributed by atoms with Gasteiger partial charge in [0.15, 0.2) is 0 Å². The molecule has 0 saturated carbocycles. The van der Waals surface area contributed by atoms with Gasteiger partial charge in [-0.05, 0) is 57.2 Å². The molecule has 0 aromatic heterocycles. The highest BCUT2D eigenvalue weighted by Crippen LogP contribution is 2.14. The molecule has 0 saturated heterocycles. The van der Waals surface area contributed by atoms with E-state index in [1.165, 1.54) is 11.1 Å². The minimum Gasteiger partial charge on any atom is -0.352 e. The minimum atomic E-state index is -0.520. The third-order valence-corrected chi connectivity index (χ3v) is 5.13. The van der Waals surface area contributed by atoms with Crippen LogP contribution in [-0.4, -0.2) is 28.8 Å². The first kappa shape index (κ1) is 22.7. The van der Waals surface area contributed by atoms with Gasteiger partial charge in [-0.25, -0.2) is 0 Å². The fourth-order valence-electron chi connectivity index (χ4n) is 3.21. The van der Waals surface area contributed by atoms with Gasteiger partial charge in [-0.2, -0.15) is 0 Å². The summed E-state index contributed by atoms with van der Waals surface area (Å²) < 4.78 is 0. The van der Waals surface area contributed by atoms with Crippen LogP contribution in [-0.2, 0) is 29.0 Å². The highest BCUT2D eigenvalue weighted by molar-refractivity contribution is 5.87. The zero-order valence-electron chi connectivity index (χ0n) is 18.4. The molecule has 0 unspecified atom stereocenters. The maximum Gasteiger partial charge on any atom is 0.242 e. The molecular formula is C25H34N2O2. The largest absolute Gasteiger partial charge is 0.352 e. The van der Waals surface area contributed by atoms with Crippen molar-refractivity contribution in [2.45, 2.75) is 72.5 Å². The van der Waals surface area contributed by atoms with E-state index in [2.05, 4.69) is 36.5 Å². The molecule has 0 aliphatic rings. The molecule has 1 N–H and O–H groups in total. The van der Waals surface area contributed by atoms with Crippen LogP contribution in [0.15, 0.2) is 48.5 Å². The summed E-state index contributed by atoms with van der Waals surface area (Å²) in [5.41, 5.74) is 4.64. The van der Waals surface area contributed by atoms with Crippen LogP contribution in [0.25, 0.3) is 0 Å². The van der Waals surface area contributed by atoms with Crippen LogP contribution in [0.5, 0.6) is 0 Å². The Kier molecular flexibility index (Phi) is 8.44. The lowest BCUT2D eigenvalue weighted by Crippen LogP contribution is -2.49. The first-order chi connectivity index (χ1) is 13.8. The minimum absolute atomic E-state index is 0.00320. The molecule has 0 bridgehead atoms. The predicted octanol–water partition coefficient (Wildman–Crippen LogP) is 4.43. The summed E-state index contributed by atoms with van der Waals surface area (Å²) in [5.74, 6) is -0.121. The van der Waals surface area contributed by atoms with Crippen molar-refractivity contribution in [3.05, 3.63) is 70.8 Å². The number of hydrogen-bond acceptors (Lipinski definition) is 2. The van der Waals surface area contributed by atoms with E-state index in [-0.39, 0.29) is 17.9 Å². The second kappa shape index (κ2) is 10.8. The van der Waals surface area contributed by atoms with Crippen LogP contribution in [0.1, 0.15) is 56.4 Å². The molecule has 2 rings (SSSR count). The van der Waals surface area contributed by atoms with Crippen LogP contribution in [0.4, 0.5) is 0 Å². The van der Waals surface area contributed by atoms with E-state index < -0.39 is 6.04 Å². The van der Waals surface area contributed by atoms with Gasteiger partial charge in [-0.3, -0.25) is 9.59 Å². The molecule has 2 aromatic carbocycles. The van der Waals surface area contributed by atoms with Crippen molar-refractivity contribution in [2.24, 2.45) is 0 Å². The van der Waals surface area contributed by atoms with Crippen LogP contribution in [0.3, 0.4) is 0 Å². The summed E-state index contributed by atoms with van der Waals surface area (Å²) >= 11 is 0. The maximum absolute atomic E-state index is 13.1. The SMILES string of the molecule is CCc1ccc(CCC(=O)N(Cc2ccc(C)cc2)[C@H](C)C(=O)NC(C)C)cc1. The Bertz CT molecular complexity index is 795. The summed E-state index contributed by atoms with van der Waals surface area (Å²) in [5, 5.41) is 2.93. The number of nitrogens with zero attached hydrogens (tertiary/aromatic N) is 1. The molecule has 4 heteroatoms. The Morgan fingerprint density at radius 1 is 0.897 bits per heavy atom. The van der Waals surface area contributed by atoms with Crippen LogP contribution < -0.4 is 5.32 Å². The van der Waals surface area contributed by atoms with Crippen molar-refractivity contribution < 1.29 is 9.59 Å². The fourth-order valence-corrected chi connectivity index (χ4v) is 3.21. The average Bonchev–Trinajstić information content (AvgIpc) is 2.71. The summed E-state index contributed by atoms with van der Waals surface area (Å²) in [4.78, 5) is 27.4. The van der Waals surface area contributed by atoms with E-state index in [9.17, 15) is 9.59 Å². The second-order valence-corrected chi connectivity index (χ2v) is 8.02. The van der Waals surface area contributed by atoms with Gasteiger partial charge in [0, 0.05) is 19.0 Å². The first-order valence-corrected chi connectivity index (χ1v) is 10.5. The fraction of sp³-hybridized carbons (Fsp3) is 0.440. The van der Waals surface area contributed by atoms with E-state index in [0.29, 0.717) is 19.4 Å². The zero-order valence-corrected chi connectivity index (χ0v) is 18.4. The first-order valence-electron chi connectivity index (χ1n) is 10.5. The van der Waals surface area contributed by atoms with Gasteiger partial charge in [0.1, 0.15) is 6.04 Å². The lowest BCUT2D eigenvalue weighted by Gasteiger charge is -2.29. The van der Waals surface area contributed by atoms with Gasteiger partial charge in [-0.15, -0.1) is 0 Å². The number of carbonyl (C=O) groups is 2. The summed E-state index contributed by atoms with van der Waals surface area (Å²) in [6.45, 7) is 10.3. The second-order valence-electron chi connectivity index (χ2n) is 8.02. The van der Waals surface area contributed by atoms with E-state index in [1.54, 1.807) is 11.8 Å².